The molecule has 0 spiro atoms. The summed E-state index contributed by atoms with van der Waals surface area (Å²) in [6.45, 7) is 6.04. The normalized spacial score (nSPS) is 17.8. The van der Waals surface area contributed by atoms with Crippen molar-refractivity contribution in [2.24, 2.45) is 5.92 Å². The van der Waals surface area contributed by atoms with Gasteiger partial charge in [0.1, 0.15) is 6.61 Å². The molecule has 1 aliphatic rings. The first-order valence-electron chi connectivity index (χ1n) is 10.7. The Kier molecular flexibility index (Phi) is 7.91. The number of carbonyl (C=O) groups excluding carboxylic acids is 3. The standard InChI is InChI=1S/C26H28O5S/c1-18(2)15-19-9-11-20(12-10-19)16-24(28)32-14-13-30-25(29)22-17-23(27)26(3,31-22)21-7-5-4-6-8-21/h4-12,17-18H,13-16H2,1-3H3. The van der Waals surface area contributed by atoms with Gasteiger partial charge in [-0.25, -0.2) is 4.79 Å². The molecule has 6 heteroatoms. The Morgan fingerprint density at radius 1 is 1.03 bits per heavy atom. The van der Waals surface area contributed by atoms with Crippen LogP contribution in [0, 0.1) is 5.92 Å². The average molecular weight is 453 g/mol. The number of carbonyl (C=O) groups is 3. The maximum absolute atomic E-state index is 12.4. The highest BCUT2D eigenvalue weighted by Crippen LogP contribution is 2.35. The molecule has 32 heavy (non-hydrogen) atoms. The Bertz CT molecular complexity index is 995. The zero-order chi connectivity index (χ0) is 23.1. The maximum atomic E-state index is 12.4. The van der Waals surface area contributed by atoms with Crippen LogP contribution in [-0.2, 0) is 42.3 Å². The lowest BCUT2D eigenvalue weighted by molar-refractivity contribution is -0.146. The number of thioether (sulfide) groups is 1. The van der Waals surface area contributed by atoms with Gasteiger partial charge in [0.15, 0.2) is 10.7 Å². The van der Waals surface area contributed by atoms with E-state index in [-0.39, 0.29) is 23.3 Å². The highest BCUT2D eigenvalue weighted by molar-refractivity contribution is 8.13. The number of ether oxygens (including phenoxy) is 2. The van der Waals surface area contributed by atoms with Gasteiger partial charge in [-0.1, -0.05) is 80.2 Å². The third kappa shape index (κ3) is 6.10. The Labute approximate surface area is 193 Å². The number of ketones is 1. The lowest BCUT2D eigenvalue weighted by atomic mass is 9.92. The van der Waals surface area contributed by atoms with E-state index in [1.807, 2.05) is 30.3 Å². The third-order valence-electron chi connectivity index (χ3n) is 5.17. The molecule has 1 aliphatic heterocycles. The van der Waals surface area contributed by atoms with Crippen molar-refractivity contribution in [2.45, 2.75) is 39.2 Å². The summed E-state index contributed by atoms with van der Waals surface area (Å²) in [5.41, 5.74) is 1.67. The molecule has 0 saturated carbocycles. The van der Waals surface area contributed by atoms with Crippen LogP contribution in [0.25, 0.3) is 0 Å². The minimum Gasteiger partial charge on any atom is -0.467 e. The molecule has 2 aromatic carbocycles. The van der Waals surface area contributed by atoms with Gasteiger partial charge in [-0.3, -0.25) is 9.59 Å². The molecule has 0 saturated heterocycles. The lowest BCUT2D eigenvalue weighted by Gasteiger charge is -2.23. The van der Waals surface area contributed by atoms with Crippen LogP contribution in [0.15, 0.2) is 66.4 Å². The quantitative estimate of drug-likeness (QED) is 0.408. The highest BCUT2D eigenvalue weighted by Gasteiger charge is 2.44. The van der Waals surface area contributed by atoms with Crippen LogP contribution in [0.4, 0.5) is 0 Å². The maximum Gasteiger partial charge on any atom is 0.373 e. The van der Waals surface area contributed by atoms with Crippen LogP contribution in [-0.4, -0.2) is 29.2 Å². The van der Waals surface area contributed by atoms with Crippen molar-refractivity contribution in [3.8, 4) is 0 Å². The molecule has 0 bridgehead atoms. The number of esters is 1. The van der Waals surface area contributed by atoms with Gasteiger partial charge in [0.05, 0.1) is 0 Å². The first-order valence-corrected chi connectivity index (χ1v) is 11.7. The van der Waals surface area contributed by atoms with Crippen LogP contribution in [0.5, 0.6) is 0 Å². The summed E-state index contributed by atoms with van der Waals surface area (Å²) in [6.07, 6.45) is 2.53. The summed E-state index contributed by atoms with van der Waals surface area (Å²) in [4.78, 5) is 36.9. The lowest BCUT2D eigenvalue weighted by Crippen LogP contribution is -2.30. The zero-order valence-electron chi connectivity index (χ0n) is 18.6. The van der Waals surface area contributed by atoms with Gasteiger partial charge in [0.25, 0.3) is 0 Å². The van der Waals surface area contributed by atoms with Crippen molar-refractivity contribution in [3.05, 3.63) is 83.1 Å². The van der Waals surface area contributed by atoms with Crippen LogP contribution in [0.3, 0.4) is 0 Å². The number of rotatable bonds is 9. The first kappa shape index (κ1) is 23.8. The fourth-order valence-electron chi connectivity index (χ4n) is 3.46. The van der Waals surface area contributed by atoms with Gasteiger partial charge >= 0.3 is 5.97 Å². The topological polar surface area (TPSA) is 69.7 Å². The zero-order valence-corrected chi connectivity index (χ0v) is 19.4. The number of hydrogen-bond donors (Lipinski definition) is 0. The minimum absolute atomic E-state index is 0.0146. The Hall–Kier alpha value is -2.86. The molecule has 0 N–H and O–H groups in total. The highest BCUT2D eigenvalue weighted by atomic mass is 32.2. The van der Waals surface area contributed by atoms with E-state index in [2.05, 4.69) is 26.0 Å². The molecule has 1 unspecified atom stereocenters. The molecule has 0 radical (unpaired) electrons. The molecular weight excluding hydrogens is 424 g/mol. The van der Waals surface area contributed by atoms with Gasteiger partial charge in [0, 0.05) is 23.8 Å². The first-order chi connectivity index (χ1) is 15.3. The summed E-state index contributed by atoms with van der Waals surface area (Å²) in [5.74, 6) is -0.186. The molecule has 0 aliphatic carbocycles. The fourth-order valence-corrected chi connectivity index (χ4v) is 4.12. The second-order valence-corrected chi connectivity index (χ2v) is 9.47. The van der Waals surface area contributed by atoms with E-state index in [1.165, 1.54) is 11.6 Å². The molecule has 0 aromatic heterocycles. The van der Waals surface area contributed by atoms with E-state index in [1.54, 1.807) is 19.1 Å². The Morgan fingerprint density at radius 3 is 2.34 bits per heavy atom. The van der Waals surface area contributed by atoms with Crippen molar-refractivity contribution < 1.29 is 23.9 Å². The SMILES string of the molecule is CC(C)Cc1ccc(CC(=O)SCCOC(=O)C2=CC(=O)C(C)(c3ccccc3)O2)cc1. The predicted octanol–water partition coefficient (Wildman–Crippen LogP) is 4.63. The summed E-state index contributed by atoms with van der Waals surface area (Å²) >= 11 is 1.12. The van der Waals surface area contributed by atoms with Crippen LogP contribution >= 0.6 is 11.8 Å². The van der Waals surface area contributed by atoms with Gasteiger partial charge in [0.2, 0.25) is 11.5 Å². The van der Waals surface area contributed by atoms with Crippen molar-refractivity contribution in [3.63, 3.8) is 0 Å². The largest absolute Gasteiger partial charge is 0.467 e. The number of hydrogen-bond acceptors (Lipinski definition) is 6. The van der Waals surface area contributed by atoms with E-state index in [0.29, 0.717) is 23.7 Å². The van der Waals surface area contributed by atoms with Gasteiger partial charge in [-0.05, 0) is 30.4 Å². The predicted molar refractivity (Wildman–Crippen MR) is 125 cm³/mol. The molecule has 168 valence electrons. The van der Waals surface area contributed by atoms with E-state index in [0.717, 1.165) is 23.7 Å². The van der Waals surface area contributed by atoms with E-state index >= 15 is 0 Å². The smallest absolute Gasteiger partial charge is 0.373 e. The third-order valence-corrected chi connectivity index (χ3v) is 6.00. The molecule has 3 rings (SSSR count). The molecule has 1 atom stereocenters. The monoisotopic (exact) mass is 452 g/mol. The molecule has 1 heterocycles. The molecule has 0 fully saturated rings. The van der Waals surface area contributed by atoms with Crippen LogP contribution in [0.2, 0.25) is 0 Å². The average Bonchev–Trinajstić information content (AvgIpc) is 3.08. The summed E-state index contributed by atoms with van der Waals surface area (Å²) in [7, 11) is 0. The molecule has 0 amide bonds. The number of benzene rings is 2. The van der Waals surface area contributed by atoms with Crippen LogP contribution in [0.1, 0.15) is 37.5 Å². The van der Waals surface area contributed by atoms with E-state index < -0.39 is 11.6 Å². The van der Waals surface area contributed by atoms with Crippen molar-refractivity contribution in [2.75, 3.05) is 12.4 Å². The van der Waals surface area contributed by atoms with Crippen molar-refractivity contribution >= 4 is 28.6 Å². The van der Waals surface area contributed by atoms with Gasteiger partial charge in [-0.15, -0.1) is 0 Å². The Balaban J connectivity index is 1.41. The van der Waals surface area contributed by atoms with Gasteiger partial charge < -0.3 is 9.47 Å². The molecule has 2 aromatic rings. The fraction of sp³-hybridized carbons (Fsp3) is 0.346. The second-order valence-electron chi connectivity index (χ2n) is 8.32. The summed E-state index contributed by atoms with van der Waals surface area (Å²) in [5, 5.41) is 0.0146. The summed E-state index contributed by atoms with van der Waals surface area (Å²) in [6, 6.07) is 17.1. The molecule has 5 nitrogen and oxygen atoms in total. The molecular formula is C26H28O5S. The van der Waals surface area contributed by atoms with Crippen molar-refractivity contribution in [1.29, 1.82) is 0 Å². The van der Waals surface area contributed by atoms with E-state index in [9.17, 15) is 14.4 Å². The Morgan fingerprint density at radius 2 is 1.69 bits per heavy atom. The van der Waals surface area contributed by atoms with Crippen LogP contribution < -0.4 is 0 Å². The van der Waals surface area contributed by atoms with Crippen molar-refractivity contribution in [1.82, 2.24) is 0 Å². The minimum atomic E-state index is -1.23. The second kappa shape index (κ2) is 10.6. The summed E-state index contributed by atoms with van der Waals surface area (Å²) < 4.78 is 10.9. The van der Waals surface area contributed by atoms with E-state index in [4.69, 9.17) is 9.47 Å². The van der Waals surface area contributed by atoms with Gasteiger partial charge in [-0.2, -0.15) is 0 Å².